The standard InChI is InChI=1S/C23H27N3O4/c1-16(23(29)24-15-17-6-3-2-4-7-17)25-21(27)8-5-13-30-19-10-11-20-18(14-19)9-12-22(28)26-20/h2-4,6-7,10-11,14,16H,5,8-9,12-13,15H2,1H3,(H,24,29)(H,25,27)(H,26,28). The molecule has 0 fully saturated rings. The number of carbonyl (C=O) groups is 3. The molecule has 3 amide bonds. The lowest BCUT2D eigenvalue weighted by Crippen LogP contribution is -2.44. The number of ether oxygens (including phenoxy) is 1. The second-order valence-corrected chi connectivity index (χ2v) is 7.31. The number of rotatable bonds is 9. The van der Waals surface area contributed by atoms with Crippen molar-refractivity contribution in [3.63, 3.8) is 0 Å². The molecule has 1 heterocycles. The molecule has 2 aromatic carbocycles. The first-order valence-corrected chi connectivity index (χ1v) is 10.2. The summed E-state index contributed by atoms with van der Waals surface area (Å²) in [6.07, 6.45) is 1.99. The lowest BCUT2D eigenvalue weighted by molar-refractivity contribution is -0.128. The maximum absolute atomic E-state index is 12.1. The summed E-state index contributed by atoms with van der Waals surface area (Å²) in [6.45, 7) is 2.49. The summed E-state index contributed by atoms with van der Waals surface area (Å²) in [7, 11) is 0. The van der Waals surface area contributed by atoms with Gasteiger partial charge in [-0.3, -0.25) is 14.4 Å². The highest BCUT2D eigenvalue weighted by atomic mass is 16.5. The third-order valence-corrected chi connectivity index (χ3v) is 4.87. The van der Waals surface area contributed by atoms with Crippen LogP contribution in [0.5, 0.6) is 5.75 Å². The van der Waals surface area contributed by atoms with Gasteiger partial charge in [-0.1, -0.05) is 30.3 Å². The van der Waals surface area contributed by atoms with Crippen molar-refractivity contribution in [3.05, 3.63) is 59.7 Å². The van der Waals surface area contributed by atoms with Crippen LogP contribution >= 0.6 is 0 Å². The van der Waals surface area contributed by atoms with E-state index in [0.29, 0.717) is 32.4 Å². The van der Waals surface area contributed by atoms with Gasteiger partial charge in [0.25, 0.3) is 0 Å². The van der Waals surface area contributed by atoms with Crippen LogP contribution < -0.4 is 20.7 Å². The summed E-state index contributed by atoms with van der Waals surface area (Å²) in [5, 5.41) is 8.36. The number of hydrogen-bond donors (Lipinski definition) is 3. The molecule has 158 valence electrons. The Labute approximate surface area is 176 Å². The summed E-state index contributed by atoms with van der Waals surface area (Å²) in [5.41, 5.74) is 2.89. The molecule has 2 aromatic rings. The third-order valence-electron chi connectivity index (χ3n) is 4.87. The van der Waals surface area contributed by atoms with Gasteiger partial charge in [0, 0.05) is 25.1 Å². The Balaban J connectivity index is 1.33. The molecule has 0 aromatic heterocycles. The van der Waals surface area contributed by atoms with E-state index in [-0.39, 0.29) is 24.1 Å². The SMILES string of the molecule is CC(NC(=O)CCCOc1ccc2c(c1)CCC(=O)N2)C(=O)NCc1ccccc1. The fourth-order valence-corrected chi connectivity index (χ4v) is 3.19. The molecule has 7 heteroatoms. The lowest BCUT2D eigenvalue weighted by atomic mass is 10.0. The quantitative estimate of drug-likeness (QED) is 0.555. The molecule has 0 radical (unpaired) electrons. The van der Waals surface area contributed by atoms with Gasteiger partial charge in [-0.05, 0) is 49.1 Å². The second kappa shape index (κ2) is 10.4. The van der Waals surface area contributed by atoms with E-state index in [1.807, 2.05) is 48.5 Å². The first-order valence-electron chi connectivity index (χ1n) is 10.2. The first-order chi connectivity index (χ1) is 14.5. The number of carbonyl (C=O) groups excluding carboxylic acids is 3. The topological polar surface area (TPSA) is 96.5 Å². The predicted octanol–water partition coefficient (Wildman–Crippen LogP) is 2.55. The van der Waals surface area contributed by atoms with E-state index in [1.54, 1.807) is 6.92 Å². The molecule has 0 spiro atoms. The Hall–Kier alpha value is -3.35. The van der Waals surface area contributed by atoms with Gasteiger partial charge >= 0.3 is 0 Å². The van der Waals surface area contributed by atoms with Gasteiger partial charge in [0.05, 0.1) is 6.61 Å². The van der Waals surface area contributed by atoms with Gasteiger partial charge in [0.1, 0.15) is 11.8 Å². The van der Waals surface area contributed by atoms with E-state index in [2.05, 4.69) is 16.0 Å². The molecule has 3 rings (SSSR count). The van der Waals surface area contributed by atoms with Crippen LogP contribution in [0.2, 0.25) is 0 Å². The summed E-state index contributed by atoms with van der Waals surface area (Å²) in [5.74, 6) is 0.350. The van der Waals surface area contributed by atoms with Gasteiger partial charge in [0.2, 0.25) is 17.7 Å². The van der Waals surface area contributed by atoms with Gasteiger partial charge in [0.15, 0.2) is 0 Å². The number of aryl methyl sites for hydroxylation is 1. The first kappa shape index (κ1) is 21.4. The lowest BCUT2D eigenvalue weighted by Gasteiger charge is -2.17. The zero-order valence-electron chi connectivity index (χ0n) is 17.1. The number of benzene rings is 2. The maximum Gasteiger partial charge on any atom is 0.242 e. The molecule has 1 atom stereocenters. The Morgan fingerprint density at radius 2 is 1.93 bits per heavy atom. The molecule has 30 heavy (non-hydrogen) atoms. The molecule has 0 saturated heterocycles. The molecule has 1 aliphatic rings. The van der Waals surface area contributed by atoms with Crippen molar-refractivity contribution in [2.45, 2.75) is 45.2 Å². The number of anilines is 1. The van der Waals surface area contributed by atoms with Crippen LogP contribution in [0.1, 0.15) is 37.3 Å². The van der Waals surface area contributed by atoms with Crippen LogP contribution in [0, 0.1) is 0 Å². The van der Waals surface area contributed by atoms with Crippen molar-refractivity contribution in [2.75, 3.05) is 11.9 Å². The summed E-state index contributed by atoms with van der Waals surface area (Å²) in [6, 6.07) is 14.6. The van der Waals surface area contributed by atoms with Gasteiger partial charge in [-0.2, -0.15) is 0 Å². The van der Waals surface area contributed by atoms with E-state index < -0.39 is 6.04 Å². The van der Waals surface area contributed by atoms with E-state index in [1.165, 1.54) is 0 Å². The highest BCUT2D eigenvalue weighted by Crippen LogP contribution is 2.26. The van der Waals surface area contributed by atoms with Crippen LogP contribution in [0.25, 0.3) is 0 Å². The Morgan fingerprint density at radius 3 is 2.73 bits per heavy atom. The molecule has 0 aliphatic carbocycles. The molecule has 7 nitrogen and oxygen atoms in total. The largest absolute Gasteiger partial charge is 0.494 e. The fraction of sp³-hybridized carbons (Fsp3) is 0.348. The van der Waals surface area contributed by atoms with Crippen LogP contribution in [0.15, 0.2) is 48.5 Å². The zero-order chi connectivity index (χ0) is 21.3. The van der Waals surface area contributed by atoms with Gasteiger partial charge < -0.3 is 20.7 Å². The van der Waals surface area contributed by atoms with Crippen LogP contribution in [0.4, 0.5) is 5.69 Å². The Kier molecular flexibility index (Phi) is 7.43. The van der Waals surface area contributed by atoms with Crippen molar-refractivity contribution in [2.24, 2.45) is 0 Å². The van der Waals surface area contributed by atoms with E-state index in [4.69, 9.17) is 4.74 Å². The molecule has 1 unspecified atom stereocenters. The average Bonchev–Trinajstić information content (AvgIpc) is 2.75. The van der Waals surface area contributed by atoms with Gasteiger partial charge in [-0.25, -0.2) is 0 Å². The smallest absolute Gasteiger partial charge is 0.242 e. The van der Waals surface area contributed by atoms with Gasteiger partial charge in [-0.15, -0.1) is 0 Å². The van der Waals surface area contributed by atoms with Crippen molar-refractivity contribution >= 4 is 23.4 Å². The summed E-state index contributed by atoms with van der Waals surface area (Å²) in [4.78, 5) is 35.6. The average molecular weight is 409 g/mol. The van der Waals surface area contributed by atoms with Crippen molar-refractivity contribution in [1.82, 2.24) is 10.6 Å². The summed E-state index contributed by atoms with van der Waals surface area (Å²) < 4.78 is 5.72. The number of fused-ring (bicyclic) bond motifs is 1. The molecule has 1 aliphatic heterocycles. The number of nitrogens with one attached hydrogen (secondary N) is 3. The van der Waals surface area contributed by atoms with E-state index in [9.17, 15) is 14.4 Å². The predicted molar refractivity (Wildman–Crippen MR) is 114 cm³/mol. The normalized spacial score (nSPS) is 13.6. The van der Waals surface area contributed by atoms with E-state index in [0.717, 1.165) is 22.6 Å². The number of amides is 3. The van der Waals surface area contributed by atoms with Crippen LogP contribution in [-0.2, 0) is 27.3 Å². The molecule has 3 N–H and O–H groups in total. The Morgan fingerprint density at radius 1 is 1.13 bits per heavy atom. The monoisotopic (exact) mass is 409 g/mol. The highest BCUT2D eigenvalue weighted by molar-refractivity contribution is 5.94. The minimum atomic E-state index is -0.599. The van der Waals surface area contributed by atoms with Crippen molar-refractivity contribution < 1.29 is 19.1 Å². The van der Waals surface area contributed by atoms with Crippen LogP contribution in [0.3, 0.4) is 0 Å². The number of hydrogen-bond acceptors (Lipinski definition) is 4. The fourth-order valence-electron chi connectivity index (χ4n) is 3.19. The highest BCUT2D eigenvalue weighted by Gasteiger charge is 2.16. The zero-order valence-corrected chi connectivity index (χ0v) is 17.1. The van der Waals surface area contributed by atoms with Crippen molar-refractivity contribution in [3.8, 4) is 5.75 Å². The molecular weight excluding hydrogens is 382 g/mol. The molecule has 0 bridgehead atoms. The minimum Gasteiger partial charge on any atom is -0.494 e. The van der Waals surface area contributed by atoms with Crippen molar-refractivity contribution in [1.29, 1.82) is 0 Å². The second-order valence-electron chi connectivity index (χ2n) is 7.31. The van der Waals surface area contributed by atoms with E-state index >= 15 is 0 Å². The molecular formula is C23H27N3O4. The maximum atomic E-state index is 12.1. The third kappa shape index (κ3) is 6.34. The minimum absolute atomic E-state index is 0.0326. The van der Waals surface area contributed by atoms with Crippen LogP contribution in [-0.4, -0.2) is 30.4 Å². The summed E-state index contributed by atoms with van der Waals surface area (Å²) >= 11 is 0. The Bertz CT molecular complexity index is 899. The molecule has 0 saturated carbocycles.